The maximum atomic E-state index is 13.1. The van der Waals surface area contributed by atoms with E-state index in [1.807, 2.05) is 49.6 Å². The van der Waals surface area contributed by atoms with Gasteiger partial charge in [0, 0.05) is 32.9 Å². The first-order valence-electron chi connectivity index (χ1n) is 10.1. The van der Waals surface area contributed by atoms with Gasteiger partial charge in [-0.25, -0.2) is 4.98 Å². The van der Waals surface area contributed by atoms with E-state index in [4.69, 9.17) is 4.74 Å². The Labute approximate surface area is 181 Å². The molecule has 0 saturated carbocycles. The van der Waals surface area contributed by atoms with Gasteiger partial charge in [0.2, 0.25) is 5.88 Å². The molecule has 0 saturated heterocycles. The predicted molar refractivity (Wildman–Crippen MR) is 117 cm³/mol. The number of ether oxygens (including phenoxy) is 1. The Bertz CT molecular complexity index is 1020. The Balaban J connectivity index is 1.71. The van der Waals surface area contributed by atoms with Crippen LogP contribution in [0, 0.1) is 0 Å². The van der Waals surface area contributed by atoms with Crippen molar-refractivity contribution in [3.05, 3.63) is 78.0 Å². The van der Waals surface area contributed by atoms with Crippen molar-refractivity contribution in [3.63, 3.8) is 0 Å². The van der Waals surface area contributed by atoms with E-state index < -0.39 is 0 Å². The van der Waals surface area contributed by atoms with Gasteiger partial charge in [0.05, 0.1) is 19.5 Å². The van der Waals surface area contributed by atoms with Crippen molar-refractivity contribution in [2.45, 2.75) is 18.9 Å². The van der Waals surface area contributed by atoms with Crippen LogP contribution in [0.3, 0.4) is 0 Å². The molecule has 2 amide bonds. The third-order valence-corrected chi connectivity index (χ3v) is 5.16. The van der Waals surface area contributed by atoms with Crippen LogP contribution in [0.5, 0.6) is 5.88 Å². The summed E-state index contributed by atoms with van der Waals surface area (Å²) < 4.78 is 6.86. The summed E-state index contributed by atoms with van der Waals surface area (Å²) in [5.41, 5.74) is 1.92. The number of benzene rings is 1. The van der Waals surface area contributed by atoms with Crippen molar-refractivity contribution < 1.29 is 14.3 Å². The molecule has 8 nitrogen and oxygen atoms in total. The van der Waals surface area contributed by atoms with E-state index in [1.165, 1.54) is 19.5 Å². The Kier molecular flexibility index (Phi) is 7.37. The Morgan fingerprint density at radius 2 is 1.94 bits per heavy atom. The fourth-order valence-electron chi connectivity index (χ4n) is 3.35. The molecule has 0 aliphatic carbocycles. The lowest BCUT2D eigenvalue weighted by atomic mass is 10.0. The van der Waals surface area contributed by atoms with Crippen molar-refractivity contribution in [1.82, 2.24) is 24.8 Å². The molecule has 0 aliphatic heterocycles. The van der Waals surface area contributed by atoms with Crippen LogP contribution in [0.15, 0.2) is 61.1 Å². The van der Waals surface area contributed by atoms with Gasteiger partial charge in [-0.2, -0.15) is 0 Å². The van der Waals surface area contributed by atoms with Crippen LogP contribution in [-0.2, 0) is 13.5 Å². The average molecular weight is 422 g/mol. The number of aryl methyl sites for hydroxylation is 1. The van der Waals surface area contributed by atoms with Crippen molar-refractivity contribution in [3.8, 4) is 5.88 Å². The SMILES string of the molecule is COc1cncc(C(=O)N(C)C(CCNC(=O)c2cccn2C)Cc2ccccc2)n1. The number of nitrogens with zero attached hydrogens (tertiary/aromatic N) is 4. The molecule has 0 radical (unpaired) electrons. The minimum Gasteiger partial charge on any atom is -0.480 e. The number of amides is 2. The van der Waals surface area contributed by atoms with Crippen molar-refractivity contribution in [2.75, 3.05) is 20.7 Å². The highest BCUT2D eigenvalue weighted by molar-refractivity contribution is 5.93. The standard InChI is InChI=1S/C23H27N5O3/c1-27-13-7-10-20(27)22(29)25-12-11-18(14-17-8-5-4-6-9-17)28(2)23(30)19-15-24-16-21(26-19)31-3/h4-10,13,15-16,18H,11-12,14H2,1-3H3,(H,25,29). The number of hydrogen-bond acceptors (Lipinski definition) is 5. The van der Waals surface area contributed by atoms with E-state index >= 15 is 0 Å². The van der Waals surface area contributed by atoms with Gasteiger partial charge in [-0.1, -0.05) is 30.3 Å². The van der Waals surface area contributed by atoms with E-state index in [-0.39, 0.29) is 29.4 Å². The molecule has 0 bridgehead atoms. The molecule has 31 heavy (non-hydrogen) atoms. The molecule has 2 aromatic heterocycles. The highest BCUT2D eigenvalue weighted by Crippen LogP contribution is 2.15. The van der Waals surface area contributed by atoms with Crippen molar-refractivity contribution >= 4 is 11.8 Å². The normalized spacial score (nSPS) is 11.6. The zero-order valence-corrected chi connectivity index (χ0v) is 18.0. The number of likely N-dealkylation sites (N-methyl/N-ethyl adjacent to an activating group) is 1. The molecule has 162 valence electrons. The number of carbonyl (C=O) groups is 2. The second-order valence-electron chi connectivity index (χ2n) is 7.26. The Morgan fingerprint density at radius 1 is 1.16 bits per heavy atom. The first-order valence-corrected chi connectivity index (χ1v) is 10.1. The zero-order chi connectivity index (χ0) is 22.2. The van der Waals surface area contributed by atoms with Gasteiger partial charge in [0.1, 0.15) is 5.69 Å². The molecule has 1 unspecified atom stereocenters. The van der Waals surface area contributed by atoms with E-state index in [9.17, 15) is 9.59 Å². The molecular formula is C23H27N5O3. The predicted octanol–water partition coefficient (Wildman–Crippen LogP) is 2.33. The smallest absolute Gasteiger partial charge is 0.274 e. The summed E-state index contributed by atoms with van der Waals surface area (Å²) in [5.74, 6) is -0.103. The van der Waals surface area contributed by atoms with Crippen LogP contribution in [0.2, 0.25) is 0 Å². The number of aromatic nitrogens is 3. The fraction of sp³-hybridized carbons (Fsp3) is 0.304. The summed E-state index contributed by atoms with van der Waals surface area (Å²) in [6, 6.07) is 13.4. The Morgan fingerprint density at radius 3 is 2.61 bits per heavy atom. The number of methoxy groups -OCH3 is 1. The minimum absolute atomic E-state index is 0.140. The van der Waals surface area contributed by atoms with Crippen LogP contribution in [0.1, 0.15) is 33.0 Å². The molecule has 1 N–H and O–H groups in total. The number of nitrogens with one attached hydrogen (secondary N) is 1. The van der Waals surface area contributed by atoms with Crippen molar-refractivity contribution in [1.29, 1.82) is 0 Å². The summed E-state index contributed by atoms with van der Waals surface area (Å²) in [7, 11) is 5.06. The van der Waals surface area contributed by atoms with Crippen molar-refractivity contribution in [2.24, 2.45) is 7.05 Å². The quantitative estimate of drug-likeness (QED) is 0.573. The number of carbonyl (C=O) groups excluding carboxylic acids is 2. The third-order valence-electron chi connectivity index (χ3n) is 5.16. The second-order valence-corrected chi connectivity index (χ2v) is 7.26. The van der Waals surface area contributed by atoms with Gasteiger partial charge >= 0.3 is 0 Å². The molecule has 1 aromatic carbocycles. The van der Waals surface area contributed by atoms with Crippen LogP contribution >= 0.6 is 0 Å². The highest BCUT2D eigenvalue weighted by atomic mass is 16.5. The van der Waals surface area contributed by atoms with Gasteiger partial charge in [0.25, 0.3) is 11.8 Å². The summed E-state index contributed by atoms with van der Waals surface area (Å²) in [4.78, 5) is 35.4. The minimum atomic E-state index is -0.249. The van der Waals surface area contributed by atoms with Gasteiger partial charge in [-0.15, -0.1) is 0 Å². The summed E-state index contributed by atoms with van der Waals surface area (Å²) in [5, 5.41) is 2.95. The van der Waals surface area contributed by atoms with E-state index in [0.29, 0.717) is 25.1 Å². The average Bonchev–Trinajstić information content (AvgIpc) is 3.24. The molecule has 3 rings (SSSR count). The molecule has 2 heterocycles. The second kappa shape index (κ2) is 10.4. The third kappa shape index (κ3) is 5.69. The van der Waals surface area contributed by atoms with Gasteiger partial charge in [-0.05, 0) is 30.5 Å². The summed E-state index contributed by atoms with van der Waals surface area (Å²) >= 11 is 0. The highest BCUT2D eigenvalue weighted by Gasteiger charge is 2.23. The molecule has 0 aliphatic rings. The molecule has 3 aromatic rings. The lowest BCUT2D eigenvalue weighted by Gasteiger charge is -2.28. The van der Waals surface area contributed by atoms with E-state index in [2.05, 4.69) is 15.3 Å². The molecular weight excluding hydrogens is 394 g/mol. The van der Waals surface area contributed by atoms with Gasteiger partial charge in [-0.3, -0.25) is 14.6 Å². The molecule has 8 heteroatoms. The number of hydrogen-bond donors (Lipinski definition) is 1. The monoisotopic (exact) mass is 421 g/mol. The van der Waals surface area contributed by atoms with E-state index in [1.54, 1.807) is 22.6 Å². The largest absolute Gasteiger partial charge is 0.480 e. The summed E-state index contributed by atoms with van der Waals surface area (Å²) in [6.07, 6.45) is 5.95. The van der Waals surface area contributed by atoms with Crippen LogP contribution < -0.4 is 10.1 Å². The first kappa shape index (κ1) is 22.0. The number of rotatable bonds is 9. The zero-order valence-electron chi connectivity index (χ0n) is 18.0. The Hall–Kier alpha value is -3.68. The lowest BCUT2D eigenvalue weighted by molar-refractivity contribution is 0.0715. The van der Waals surface area contributed by atoms with Gasteiger partial charge in [0.15, 0.2) is 5.69 Å². The molecule has 0 spiro atoms. The van der Waals surface area contributed by atoms with Crippen LogP contribution in [0.4, 0.5) is 0 Å². The molecule has 0 fully saturated rings. The van der Waals surface area contributed by atoms with Crippen LogP contribution in [0.25, 0.3) is 0 Å². The first-order chi connectivity index (χ1) is 15.0. The lowest BCUT2D eigenvalue weighted by Crippen LogP contribution is -2.41. The van der Waals surface area contributed by atoms with Gasteiger partial charge < -0.3 is 19.5 Å². The maximum Gasteiger partial charge on any atom is 0.274 e. The fourth-order valence-corrected chi connectivity index (χ4v) is 3.35. The molecule has 1 atom stereocenters. The maximum absolute atomic E-state index is 13.1. The summed E-state index contributed by atoms with van der Waals surface area (Å²) in [6.45, 7) is 0.433. The topological polar surface area (TPSA) is 89.4 Å². The van der Waals surface area contributed by atoms with Crippen LogP contribution in [-0.4, -0.2) is 58.0 Å². The van der Waals surface area contributed by atoms with E-state index in [0.717, 1.165) is 5.56 Å².